The summed E-state index contributed by atoms with van der Waals surface area (Å²) in [5.41, 5.74) is 10.1. The molecule has 0 bridgehead atoms. The predicted octanol–water partition coefficient (Wildman–Crippen LogP) is 1.62. The van der Waals surface area contributed by atoms with Crippen molar-refractivity contribution in [3.8, 4) is 0 Å². The van der Waals surface area contributed by atoms with Gasteiger partial charge in [-0.15, -0.1) is 11.3 Å². The number of anilines is 1. The van der Waals surface area contributed by atoms with Crippen LogP contribution in [-0.4, -0.2) is 17.4 Å². The van der Waals surface area contributed by atoms with Gasteiger partial charge in [0.1, 0.15) is 16.2 Å². The van der Waals surface area contributed by atoms with E-state index in [9.17, 15) is 14.0 Å². The number of carbonyl (C=O) groups excluding carboxylic acids is 2. The Morgan fingerprint density at radius 2 is 2.00 bits per heavy atom. The third-order valence-corrected chi connectivity index (χ3v) is 4.12. The maximum absolute atomic E-state index is 13.2. The van der Waals surface area contributed by atoms with Crippen molar-refractivity contribution in [3.63, 3.8) is 0 Å². The number of hydrogen-bond donors (Lipinski definition) is 3. The largest absolute Gasteiger partial charge is 0.397 e. The molecule has 0 saturated heterocycles. The van der Waals surface area contributed by atoms with Crippen LogP contribution >= 0.6 is 11.3 Å². The number of hydrogen-bond acceptors (Lipinski definition) is 4. The van der Waals surface area contributed by atoms with Crippen LogP contribution in [0.1, 0.15) is 23.5 Å². The van der Waals surface area contributed by atoms with Crippen molar-refractivity contribution in [3.05, 3.63) is 28.9 Å². The summed E-state index contributed by atoms with van der Waals surface area (Å²) in [5.74, 6) is -1.59. The van der Waals surface area contributed by atoms with Gasteiger partial charge in [-0.1, -0.05) is 0 Å². The molecule has 0 unspecified atom stereocenters. The van der Waals surface area contributed by atoms with Crippen molar-refractivity contribution in [2.45, 2.75) is 19.4 Å². The first kappa shape index (κ1) is 14.3. The highest BCUT2D eigenvalue weighted by atomic mass is 32.1. The number of rotatable bonds is 3. The number of primary amides is 1. The number of fused-ring (bicyclic) bond motifs is 1. The maximum atomic E-state index is 13.2. The SMILES string of the molecule is CC(C)(NC(=O)c1sc2ccc(F)cc2c1N)C(N)=O. The lowest BCUT2D eigenvalue weighted by atomic mass is 10.1. The minimum Gasteiger partial charge on any atom is -0.397 e. The lowest BCUT2D eigenvalue weighted by Crippen LogP contribution is -2.52. The summed E-state index contributed by atoms with van der Waals surface area (Å²) >= 11 is 1.14. The Morgan fingerprint density at radius 3 is 2.60 bits per heavy atom. The smallest absolute Gasteiger partial charge is 0.264 e. The molecular weight excluding hydrogens is 281 g/mol. The Kier molecular flexibility index (Phi) is 3.39. The van der Waals surface area contributed by atoms with E-state index in [0.29, 0.717) is 10.1 Å². The van der Waals surface area contributed by atoms with Gasteiger partial charge in [0, 0.05) is 10.1 Å². The number of nitrogens with one attached hydrogen (secondary N) is 1. The van der Waals surface area contributed by atoms with Gasteiger partial charge in [-0.25, -0.2) is 4.39 Å². The highest BCUT2D eigenvalue weighted by molar-refractivity contribution is 7.21. The van der Waals surface area contributed by atoms with E-state index in [4.69, 9.17) is 11.5 Å². The van der Waals surface area contributed by atoms with Gasteiger partial charge in [-0.3, -0.25) is 9.59 Å². The first-order chi connectivity index (χ1) is 9.22. The van der Waals surface area contributed by atoms with Gasteiger partial charge in [0.15, 0.2) is 0 Å². The second-order valence-electron chi connectivity index (χ2n) is 4.93. The topological polar surface area (TPSA) is 98.2 Å². The van der Waals surface area contributed by atoms with Gasteiger partial charge >= 0.3 is 0 Å². The van der Waals surface area contributed by atoms with E-state index in [-0.39, 0.29) is 10.6 Å². The van der Waals surface area contributed by atoms with Crippen LogP contribution in [0.2, 0.25) is 0 Å². The number of amides is 2. The Hall–Kier alpha value is -2.15. The minimum atomic E-state index is -1.19. The van der Waals surface area contributed by atoms with Crippen molar-refractivity contribution in [2.75, 3.05) is 5.73 Å². The molecule has 2 rings (SSSR count). The molecule has 20 heavy (non-hydrogen) atoms. The number of nitrogens with two attached hydrogens (primary N) is 2. The van der Waals surface area contributed by atoms with Crippen LogP contribution in [0.4, 0.5) is 10.1 Å². The van der Waals surface area contributed by atoms with Gasteiger partial charge in [-0.2, -0.15) is 0 Å². The lowest BCUT2D eigenvalue weighted by molar-refractivity contribution is -0.122. The van der Waals surface area contributed by atoms with Crippen LogP contribution in [-0.2, 0) is 4.79 Å². The second-order valence-corrected chi connectivity index (χ2v) is 5.98. The van der Waals surface area contributed by atoms with E-state index in [2.05, 4.69) is 5.32 Å². The molecule has 0 fully saturated rings. The van der Waals surface area contributed by atoms with Gasteiger partial charge < -0.3 is 16.8 Å². The average Bonchev–Trinajstić information content (AvgIpc) is 2.66. The van der Waals surface area contributed by atoms with Crippen molar-refractivity contribution < 1.29 is 14.0 Å². The fourth-order valence-electron chi connectivity index (χ4n) is 1.66. The van der Waals surface area contributed by atoms with Gasteiger partial charge in [0.05, 0.1) is 5.69 Å². The van der Waals surface area contributed by atoms with Crippen LogP contribution in [0.15, 0.2) is 18.2 Å². The molecule has 0 atom stereocenters. The summed E-state index contributed by atoms with van der Waals surface area (Å²) in [4.78, 5) is 23.6. The van der Waals surface area contributed by atoms with Crippen LogP contribution in [0.25, 0.3) is 10.1 Å². The van der Waals surface area contributed by atoms with Gasteiger partial charge in [0.25, 0.3) is 5.91 Å². The highest BCUT2D eigenvalue weighted by Crippen LogP contribution is 2.34. The Morgan fingerprint density at radius 1 is 1.35 bits per heavy atom. The van der Waals surface area contributed by atoms with Crippen LogP contribution in [0, 0.1) is 5.82 Å². The summed E-state index contributed by atoms with van der Waals surface area (Å²) in [6.07, 6.45) is 0. The highest BCUT2D eigenvalue weighted by Gasteiger charge is 2.29. The normalized spacial score (nSPS) is 11.6. The predicted molar refractivity (Wildman–Crippen MR) is 76.9 cm³/mol. The van der Waals surface area contributed by atoms with E-state index in [0.717, 1.165) is 11.3 Å². The molecule has 7 heteroatoms. The molecule has 0 aliphatic carbocycles. The molecule has 0 saturated carbocycles. The monoisotopic (exact) mass is 295 g/mol. The third kappa shape index (κ3) is 2.44. The van der Waals surface area contributed by atoms with E-state index in [1.807, 2.05) is 0 Å². The first-order valence-corrected chi connectivity index (χ1v) is 6.64. The van der Waals surface area contributed by atoms with E-state index in [1.165, 1.54) is 26.0 Å². The molecule has 106 valence electrons. The number of nitrogen functional groups attached to an aromatic ring is 1. The van der Waals surface area contributed by atoms with Gasteiger partial charge in [0.2, 0.25) is 5.91 Å². The summed E-state index contributed by atoms with van der Waals surface area (Å²) in [6, 6.07) is 4.13. The molecular formula is C13H14FN3O2S. The van der Waals surface area contributed by atoms with Crippen LogP contribution in [0.3, 0.4) is 0 Å². The van der Waals surface area contributed by atoms with Crippen molar-refractivity contribution >= 4 is 38.9 Å². The molecule has 0 radical (unpaired) electrons. The van der Waals surface area contributed by atoms with E-state index < -0.39 is 23.2 Å². The molecule has 1 aromatic heterocycles. The molecule has 1 heterocycles. The Labute approximate surface area is 118 Å². The maximum Gasteiger partial charge on any atom is 0.264 e. The zero-order valence-electron chi connectivity index (χ0n) is 11.0. The summed E-state index contributed by atoms with van der Waals surface area (Å²) in [5, 5.41) is 2.99. The molecule has 0 aliphatic rings. The van der Waals surface area contributed by atoms with Crippen LogP contribution in [0.5, 0.6) is 0 Å². The quantitative estimate of drug-likeness (QED) is 0.802. The zero-order chi connectivity index (χ0) is 15.1. The minimum absolute atomic E-state index is 0.197. The fourth-order valence-corrected chi connectivity index (χ4v) is 2.66. The number of benzene rings is 1. The summed E-state index contributed by atoms with van der Waals surface area (Å²) in [7, 11) is 0. The van der Waals surface area contributed by atoms with Crippen LogP contribution < -0.4 is 16.8 Å². The molecule has 2 aromatic rings. The number of carbonyl (C=O) groups is 2. The summed E-state index contributed by atoms with van der Waals surface area (Å²) < 4.78 is 13.9. The molecule has 1 aromatic carbocycles. The molecule has 5 N–H and O–H groups in total. The van der Waals surface area contributed by atoms with E-state index >= 15 is 0 Å². The molecule has 5 nitrogen and oxygen atoms in total. The summed E-state index contributed by atoms with van der Waals surface area (Å²) in [6.45, 7) is 2.99. The standard InChI is InChI=1S/C13H14FN3O2S/c1-13(2,12(16)19)17-11(18)10-9(15)7-5-6(14)3-4-8(7)20-10/h3-5H,15H2,1-2H3,(H2,16,19)(H,17,18). The fraction of sp³-hybridized carbons (Fsp3) is 0.231. The Balaban J connectivity index is 2.41. The average molecular weight is 295 g/mol. The third-order valence-electron chi connectivity index (χ3n) is 2.94. The van der Waals surface area contributed by atoms with E-state index in [1.54, 1.807) is 6.07 Å². The Bertz CT molecular complexity index is 709. The second kappa shape index (κ2) is 4.75. The zero-order valence-corrected chi connectivity index (χ0v) is 11.8. The van der Waals surface area contributed by atoms with Crippen molar-refractivity contribution in [1.82, 2.24) is 5.32 Å². The lowest BCUT2D eigenvalue weighted by Gasteiger charge is -2.21. The number of halogens is 1. The van der Waals surface area contributed by atoms with Crippen molar-refractivity contribution in [2.24, 2.45) is 5.73 Å². The molecule has 0 aliphatic heterocycles. The molecule has 2 amide bonds. The molecule has 0 spiro atoms. The van der Waals surface area contributed by atoms with Crippen molar-refractivity contribution in [1.29, 1.82) is 0 Å². The first-order valence-electron chi connectivity index (χ1n) is 5.82. The number of thiophene rings is 1. The van der Waals surface area contributed by atoms with Gasteiger partial charge in [-0.05, 0) is 32.0 Å².